The van der Waals surface area contributed by atoms with Crippen molar-refractivity contribution in [2.75, 3.05) is 11.9 Å². The lowest BCUT2D eigenvalue weighted by Crippen LogP contribution is -2.25. The van der Waals surface area contributed by atoms with Gasteiger partial charge in [-0.3, -0.25) is 4.79 Å². The highest BCUT2D eigenvalue weighted by molar-refractivity contribution is 5.93. The van der Waals surface area contributed by atoms with Gasteiger partial charge in [-0.1, -0.05) is 66.7 Å². The summed E-state index contributed by atoms with van der Waals surface area (Å²) in [7, 11) is 1.86. The first-order chi connectivity index (χ1) is 13.1. The molecule has 3 aromatic rings. The van der Waals surface area contributed by atoms with Crippen LogP contribution in [-0.4, -0.2) is 13.0 Å². The number of anilines is 1. The monoisotopic (exact) mass is 357 g/mol. The minimum Gasteiger partial charge on any atom is -0.316 e. The molecule has 0 atom stereocenters. The van der Waals surface area contributed by atoms with Crippen LogP contribution in [0, 0.1) is 6.92 Å². The number of benzene rings is 3. The van der Waals surface area contributed by atoms with Gasteiger partial charge in [0.25, 0.3) is 0 Å². The van der Waals surface area contributed by atoms with Gasteiger partial charge in [0.15, 0.2) is 0 Å². The Labute approximate surface area is 162 Å². The lowest BCUT2D eigenvalue weighted by molar-refractivity contribution is -0.118. The molecule has 0 saturated heterocycles. The van der Waals surface area contributed by atoms with Gasteiger partial charge in [-0.25, -0.2) is 0 Å². The van der Waals surface area contributed by atoms with E-state index in [1.54, 1.807) is 4.90 Å². The van der Waals surface area contributed by atoms with Crippen LogP contribution in [0.25, 0.3) is 11.1 Å². The molecule has 0 radical (unpaired) electrons. The largest absolute Gasteiger partial charge is 0.316 e. The Morgan fingerprint density at radius 3 is 2.11 bits per heavy atom. The van der Waals surface area contributed by atoms with E-state index in [0.717, 1.165) is 24.9 Å². The first-order valence-electron chi connectivity index (χ1n) is 9.62. The van der Waals surface area contributed by atoms with Crippen LogP contribution in [0.3, 0.4) is 0 Å². The average Bonchev–Trinajstić information content (AvgIpc) is 2.72. The van der Waals surface area contributed by atoms with Gasteiger partial charge < -0.3 is 4.90 Å². The molecule has 0 aliphatic rings. The van der Waals surface area contributed by atoms with Crippen LogP contribution in [0.1, 0.15) is 30.4 Å². The highest BCUT2D eigenvalue weighted by atomic mass is 16.2. The second-order valence-corrected chi connectivity index (χ2v) is 7.00. The molecule has 2 nitrogen and oxygen atoms in total. The highest BCUT2D eigenvalue weighted by Crippen LogP contribution is 2.23. The van der Waals surface area contributed by atoms with Crippen LogP contribution in [0.2, 0.25) is 0 Å². The van der Waals surface area contributed by atoms with Gasteiger partial charge in [-0.15, -0.1) is 0 Å². The van der Waals surface area contributed by atoms with Gasteiger partial charge in [0, 0.05) is 19.2 Å². The van der Waals surface area contributed by atoms with Gasteiger partial charge >= 0.3 is 0 Å². The van der Waals surface area contributed by atoms with Gasteiger partial charge in [-0.2, -0.15) is 0 Å². The smallest absolute Gasteiger partial charge is 0.226 e. The Morgan fingerprint density at radius 2 is 1.41 bits per heavy atom. The summed E-state index contributed by atoms with van der Waals surface area (Å²) in [4.78, 5) is 14.3. The fourth-order valence-electron chi connectivity index (χ4n) is 3.30. The van der Waals surface area contributed by atoms with Crippen molar-refractivity contribution in [1.29, 1.82) is 0 Å². The zero-order valence-corrected chi connectivity index (χ0v) is 16.2. The van der Waals surface area contributed by atoms with Crippen molar-refractivity contribution in [1.82, 2.24) is 0 Å². The molecule has 138 valence electrons. The number of carbonyl (C=O) groups is 1. The SMILES string of the molecule is Cc1ccccc1CCCCC(=O)N(C)c1ccc(-c2ccccc2)cc1. The minimum absolute atomic E-state index is 0.173. The van der Waals surface area contributed by atoms with Crippen LogP contribution in [0.15, 0.2) is 78.9 Å². The standard InChI is InChI=1S/C25H27NO/c1-20-10-6-7-11-21(20)12-8-9-15-25(27)26(2)24-18-16-23(17-19-24)22-13-4-3-5-14-22/h3-7,10-11,13-14,16-19H,8-9,12,15H2,1-2H3. The average molecular weight is 357 g/mol. The Morgan fingerprint density at radius 1 is 0.778 bits per heavy atom. The van der Waals surface area contributed by atoms with E-state index in [-0.39, 0.29) is 5.91 Å². The molecule has 27 heavy (non-hydrogen) atoms. The second-order valence-electron chi connectivity index (χ2n) is 7.00. The number of aryl methyl sites for hydroxylation is 2. The number of nitrogens with zero attached hydrogens (tertiary/aromatic N) is 1. The molecule has 0 fully saturated rings. The predicted octanol–water partition coefficient (Wildman–Crippen LogP) is 6.04. The van der Waals surface area contributed by atoms with Gasteiger partial charge in [0.2, 0.25) is 5.91 Å². The summed E-state index contributed by atoms with van der Waals surface area (Å²) in [6.45, 7) is 2.15. The van der Waals surface area contributed by atoms with Crippen LogP contribution in [0.5, 0.6) is 0 Å². The third-order valence-electron chi connectivity index (χ3n) is 5.08. The number of hydrogen-bond donors (Lipinski definition) is 0. The van der Waals surface area contributed by atoms with E-state index >= 15 is 0 Å². The second kappa shape index (κ2) is 9.18. The molecule has 0 bridgehead atoms. The maximum absolute atomic E-state index is 12.5. The number of carbonyl (C=O) groups excluding carboxylic acids is 1. The maximum Gasteiger partial charge on any atom is 0.226 e. The fraction of sp³-hybridized carbons (Fsp3) is 0.240. The summed E-state index contributed by atoms with van der Waals surface area (Å²) in [5, 5.41) is 0. The summed E-state index contributed by atoms with van der Waals surface area (Å²) < 4.78 is 0. The zero-order chi connectivity index (χ0) is 19.1. The fourth-order valence-corrected chi connectivity index (χ4v) is 3.30. The van der Waals surface area contributed by atoms with Crippen molar-refractivity contribution in [3.63, 3.8) is 0 Å². The summed E-state index contributed by atoms with van der Waals surface area (Å²) in [5.41, 5.74) is 6.01. The molecule has 0 N–H and O–H groups in total. The Bertz CT molecular complexity index is 868. The molecule has 1 amide bonds. The van der Waals surface area contributed by atoms with E-state index in [1.165, 1.54) is 22.3 Å². The molecular weight excluding hydrogens is 330 g/mol. The van der Waals surface area contributed by atoms with Crippen LogP contribution < -0.4 is 4.90 Å². The number of unbranched alkanes of at least 4 members (excludes halogenated alkanes) is 1. The van der Waals surface area contributed by atoms with Crippen molar-refractivity contribution in [3.8, 4) is 11.1 Å². The van der Waals surface area contributed by atoms with Crippen LogP contribution >= 0.6 is 0 Å². The number of hydrogen-bond acceptors (Lipinski definition) is 1. The van der Waals surface area contributed by atoms with Crippen molar-refractivity contribution >= 4 is 11.6 Å². The molecule has 0 aromatic heterocycles. The Hall–Kier alpha value is -2.87. The summed E-state index contributed by atoms with van der Waals surface area (Å²) >= 11 is 0. The predicted molar refractivity (Wildman–Crippen MR) is 114 cm³/mol. The first kappa shape index (κ1) is 18.9. The summed E-state index contributed by atoms with van der Waals surface area (Å²) in [6, 6.07) is 27.0. The van der Waals surface area contributed by atoms with Gasteiger partial charge in [0.05, 0.1) is 0 Å². The third-order valence-corrected chi connectivity index (χ3v) is 5.08. The van der Waals surface area contributed by atoms with Crippen LogP contribution in [-0.2, 0) is 11.2 Å². The summed E-state index contributed by atoms with van der Waals surface area (Å²) in [6.07, 6.45) is 3.58. The van der Waals surface area contributed by atoms with Crippen LogP contribution in [0.4, 0.5) is 5.69 Å². The molecular formula is C25H27NO. The Kier molecular flexibility index (Phi) is 6.43. The van der Waals surface area contributed by atoms with Gasteiger partial charge in [-0.05, 0) is 60.6 Å². The van der Waals surface area contributed by atoms with Crippen molar-refractivity contribution < 1.29 is 4.79 Å². The Balaban J connectivity index is 1.50. The maximum atomic E-state index is 12.5. The van der Waals surface area contributed by atoms with Crippen molar-refractivity contribution in [2.45, 2.75) is 32.6 Å². The van der Waals surface area contributed by atoms with E-state index in [0.29, 0.717) is 6.42 Å². The molecule has 0 aliphatic heterocycles. The van der Waals surface area contributed by atoms with E-state index < -0.39 is 0 Å². The third kappa shape index (κ3) is 5.07. The quantitative estimate of drug-likeness (QED) is 0.472. The molecule has 3 aromatic carbocycles. The van der Waals surface area contributed by atoms with Crippen molar-refractivity contribution in [3.05, 3.63) is 90.0 Å². The number of amides is 1. The topological polar surface area (TPSA) is 20.3 Å². The zero-order valence-electron chi connectivity index (χ0n) is 16.2. The normalized spacial score (nSPS) is 10.6. The van der Waals surface area contributed by atoms with E-state index in [9.17, 15) is 4.79 Å². The molecule has 3 rings (SSSR count). The highest BCUT2D eigenvalue weighted by Gasteiger charge is 2.11. The molecule has 0 aliphatic carbocycles. The molecule has 0 unspecified atom stereocenters. The lowest BCUT2D eigenvalue weighted by atomic mass is 10.0. The minimum atomic E-state index is 0.173. The summed E-state index contributed by atoms with van der Waals surface area (Å²) in [5.74, 6) is 0.173. The molecule has 0 saturated carbocycles. The number of rotatable bonds is 7. The lowest BCUT2D eigenvalue weighted by Gasteiger charge is -2.18. The van der Waals surface area contributed by atoms with E-state index in [4.69, 9.17) is 0 Å². The van der Waals surface area contributed by atoms with Gasteiger partial charge in [0.1, 0.15) is 0 Å². The van der Waals surface area contributed by atoms with E-state index in [1.807, 2.05) is 37.4 Å². The first-order valence-corrected chi connectivity index (χ1v) is 9.62. The molecule has 0 heterocycles. The molecule has 0 spiro atoms. The van der Waals surface area contributed by atoms with E-state index in [2.05, 4.69) is 55.5 Å². The van der Waals surface area contributed by atoms with Crippen molar-refractivity contribution in [2.24, 2.45) is 0 Å². The molecule has 2 heteroatoms.